The molecule has 2 aliphatic heterocycles. The van der Waals surface area contributed by atoms with Gasteiger partial charge in [-0.3, -0.25) is 9.69 Å². The maximum atomic E-state index is 12.5. The highest BCUT2D eigenvalue weighted by Gasteiger charge is 2.57. The molecule has 0 radical (unpaired) electrons. The molecule has 1 aromatic heterocycles. The summed E-state index contributed by atoms with van der Waals surface area (Å²) in [6, 6.07) is 0. The molecule has 1 saturated carbocycles. The van der Waals surface area contributed by atoms with E-state index in [1.165, 1.54) is 36.4 Å². The second-order valence-electron chi connectivity index (χ2n) is 8.42. The SMILES string of the molecule is CCc1nc(CN2CCC(CNC(=O)C3CC34CCNCC4)CC2)cs1.Cl.Cl. The molecule has 1 amide bonds. The minimum absolute atomic E-state index is 0. The fourth-order valence-electron chi connectivity index (χ4n) is 4.73. The number of thiazole rings is 1. The molecule has 28 heavy (non-hydrogen) atoms. The molecule has 2 N–H and O–H groups in total. The molecule has 3 heterocycles. The van der Waals surface area contributed by atoms with Gasteiger partial charge in [-0.15, -0.1) is 36.2 Å². The molecular weight excluding hydrogens is 415 g/mol. The van der Waals surface area contributed by atoms with Crippen LogP contribution < -0.4 is 10.6 Å². The Balaban J connectivity index is 0.00000140. The Kier molecular flexibility index (Phi) is 9.02. The van der Waals surface area contributed by atoms with Crippen LogP contribution in [0, 0.1) is 17.3 Å². The van der Waals surface area contributed by atoms with Crippen LogP contribution in [0.5, 0.6) is 0 Å². The van der Waals surface area contributed by atoms with Gasteiger partial charge in [0.2, 0.25) is 5.91 Å². The highest BCUT2D eigenvalue weighted by Crippen LogP contribution is 2.58. The van der Waals surface area contributed by atoms with Crippen LogP contribution in [0.25, 0.3) is 0 Å². The number of piperidine rings is 2. The Labute approximate surface area is 185 Å². The van der Waals surface area contributed by atoms with Gasteiger partial charge in [0, 0.05) is 24.4 Å². The van der Waals surface area contributed by atoms with Crippen LogP contribution in [0.3, 0.4) is 0 Å². The number of carbonyl (C=O) groups excluding carboxylic acids is 1. The van der Waals surface area contributed by atoms with Crippen molar-refractivity contribution in [2.75, 3.05) is 32.7 Å². The molecule has 5 nitrogen and oxygen atoms in total. The van der Waals surface area contributed by atoms with E-state index in [1.807, 2.05) is 0 Å². The number of halogens is 2. The van der Waals surface area contributed by atoms with Crippen LogP contribution in [0.4, 0.5) is 0 Å². The van der Waals surface area contributed by atoms with E-state index in [4.69, 9.17) is 0 Å². The zero-order chi connectivity index (χ0) is 18.0. The minimum atomic E-state index is 0. The lowest BCUT2D eigenvalue weighted by molar-refractivity contribution is -0.123. The number of amides is 1. The van der Waals surface area contributed by atoms with Crippen molar-refractivity contribution in [3.8, 4) is 0 Å². The van der Waals surface area contributed by atoms with Gasteiger partial charge in [0.25, 0.3) is 0 Å². The molecule has 1 spiro atoms. The van der Waals surface area contributed by atoms with Crippen molar-refractivity contribution in [3.05, 3.63) is 16.1 Å². The molecule has 0 aromatic carbocycles. The molecular formula is C20H34Cl2N4OS. The van der Waals surface area contributed by atoms with Gasteiger partial charge in [-0.05, 0) is 76.0 Å². The van der Waals surface area contributed by atoms with Gasteiger partial charge < -0.3 is 10.6 Å². The summed E-state index contributed by atoms with van der Waals surface area (Å²) in [6.07, 6.45) is 6.88. The van der Waals surface area contributed by atoms with Gasteiger partial charge in [-0.2, -0.15) is 0 Å². The summed E-state index contributed by atoms with van der Waals surface area (Å²) in [4.78, 5) is 19.7. The van der Waals surface area contributed by atoms with Gasteiger partial charge in [-0.25, -0.2) is 4.98 Å². The summed E-state index contributed by atoms with van der Waals surface area (Å²) in [5.74, 6) is 1.26. The molecule has 1 aliphatic carbocycles. The van der Waals surface area contributed by atoms with Crippen LogP contribution in [-0.2, 0) is 17.8 Å². The fourth-order valence-corrected chi connectivity index (χ4v) is 5.46. The molecule has 3 aliphatic rings. The fraction of sp³-hybridized carbons (Fsp3) is 0.800. The van der Waals surface area contributed by atoms with Crippen LogP contribution in [0.2, 0.25) is 0 Å². The molecule has 3 fully saturated rings. The van der Waals surface area contributed by atoms with Gasteiger partial charge >= 0.3 is 0 Å². The maximum Gasteiger partial charge on any atom is 0.223 e. The van der Waals surface area contributed by atoms with E-state index < -0.39 is 0 Å². The molecule has 1 unspecified atom stereocenters. The number of hydrogen-bond acceptors (Lipinski definition) is 5. The van der Waals surface area contributed by atoms with Crippen LogP contribution in [0.15, 0.2) is 5.38 Å². The van der Waals surface area contributed by atoms with Gasteiger partial charge in [-0.1, -0.05) is 6.92 Å². The van der Waals surface area contributed by atoms with Crippen LogP contribution >= 0.6 is 36.2 Å². The van der Waals surface area contributed by atoms with Crippen molar-refractivity contribution in [3.63, 3.8) is 0 Å². The second-order valence-corrected chi connectivity index (χ2v) is 9.36. The molecule has 4 rings (SSSR count). The molecule has 1 aromatic rings. The Hall–Kier alpha value is -0.400. The zero-order valence-electron chi connectivity index (χ0n) is 16.7. The summed E-state index contributed by atoms with van der Waals surface area (Å²) in [5.41, 5.74) is 1.57. The average molecular weight is 449 g/mol. The third kappa shape index (κ3) is 5.60. The number of aryl methyl sites for hydroxylation is 1. The van der Waals surface area contributed by atoms with Crippen molar-refractivity contribution in [2.45, 2.75) is 52.0 Å². The van der Waals surface area contributed by atoms with E-state index in [0.717, 1.165) is 52.1 Å². The maximum absolute atomic E-state index is 12.5. The highest BCUT2D eigenvalue weighted by molar-refractivity contribution is 7.09. The number of nitrogens with zero attached hydrogens (tertiary/aromatic N) is 2. The standard InChI is InChI=1S/C20H32N4OS.2ClH/c1-2-18-23-16(14-26-18)13-24-9-3-15(4-10-24)12-22-19(25)17-11-20(17)5-7-21-8-6-20;;/h14-15,17,21H,2-13H2,1H3,(H,22,25);2*1H. The summed E-state index contributed by atoms with van der Waals surface area (Å²) in [5, 5.41) is 10.1. The minimum Gasteiger partial charge on any atom is -0.356 e. The Morgan fingerprint density at radius 3 is 2.68 bits per heavy atom. The van der Waals surface area contributed by atoms with Crippen molar-refractivity contribution in [1.29, 1.82) is 0 Å². The van der Waals surface area contributed by atoms with Crippen LogP contribution in [0.1, 0.15) is 49.7 Å². The number of aromatic nitrogens is 1. The Morgan fingerprint density at radius 1 is 1.32 bits per heavy atom. The van der Waals surface area contributed by atoms with E-state index >= 15 is 0 Å². The number of nitrogens with one attached hydrogen (secondary N) is 2. The second kappa shape index (κ2) is 10.6. The molecule has 1 atom stereocenters. The topological polar surface area (TPSA) is 57.3 Å². The summed E-state index contributed by atoms with van der Waals surface area (Å²) in [7, 11) is 0. The first-order valence-corrected chi connectivity index (χ1v) is 11.2. The van der Waals surface area contributed by atoms with Crippen molar-refractivity contribution < 1.29 is 4.79 Å². The normalized spacial score (nSPS) is 24.2. The van der Waals surface area contributed by atoms with Crippen molar-refractivity contribution in [1.82, 2.24) is 20.5 Å². The highest BCUT2D eigenvalue weighted by atomic mass is 35.5. The Bertz CT molecular complexity index is 627. The third-order valence-electron chi connectivity index (χ3n) is 6.67. The number of likely N-dealkylation sites (tertiary alicyclic amines) is 1. The monoisotopic (exact) mass is 448 g/mol. The third-order valence-corrected chi connectivity index (χ3v) is 7.71. The Morgan fingerprint density at radius 2 is 2.04 bits per heavy atom. The number of carbonyl (C=O) groups is 1. The van der Waals surface area contributed by atoms with Gasteiger partial charge in [0.15, 0.2) is 0 Å². The van der Waals surface area contributed by atoms with Gasteiger partial charge in [0.1, 0.15) is 0 Å². The lowest BCUT2D eigenvalue weighted by Gasteiger charge is -2.31. The quantitative estimate of drug-likeness (QED) is 0.700. The van der Waals surface area contributed by atoms with Crippen molar-refractivity contribution in [2.24, 2.45) is 17.3 Å². The van der Waals surface area contributed by atoms with Crippen molar-refractivity contribution >= 4 is 42.1 Å². The van der Waals surface area contributed by atoms with E-state index in [2.05, 4.69) is 32.8 Å². The van der Waals surface area contributed by atoms with Gasteiger partial charge in [0.05, 0.1) is 10.7 Å². The number of hydrogen-bond donors (Lipinski definition) is 2. The smallest absolute Gasteiger partial charge is 0.223 e. The summed E-state index contributed by atoms with van der Waals surface area (Å²) in [6.45, 7) is 8.43. The van der Waals surface area contributed by atoms with E-state index in [9.17, 15) is 4.79 Å². The zero-order valence-corrected chi connectivity index (χ0v) is 19.2. The predicted molar refractivity (Wildman–Crippen MR) is 120 cm³/mol. The van der Waals surface area contributed by atoms with E-state index in [1.54, 1.807) is 11.3 Å². The predicted octanol–water partition coefficient (Wildman–Crippen LogP) is 3.27. The summed E-state index contributed by atoms with van der Waals surface area (Å²) < 4.78 is 0. The lowest BCUT2D eigenvalue weighted by atomic mass is 9.91. The molecule has 8 heteroatoms. The number of rotatable bonds is 6. The largest absolute Gasteiger partial charge is 0.356 e. The first-order valence-electron chi connectivity index (χ1n) is 10.3. The molecule has 160 valence electrons. The summed E-state index contributed by atoms with van der Waals surface area (Å²) >= 11 is 1.78. The lowest BCUT2D eigenvalue weighted by Crippen LogP contribution is -2.39. The van der Waals surface area contributed by atoms with E-state index in [0.29, 0.717) is 23.2 Å². The average Bonchev–Trinajstić information content (AvgIpc) is 3.16. The molecule has 2 saturated heterocycles. The van der Waals surface area contributed by atoms with E-state index in [-0.39, 0.29) is 24.8 Å². The molecule has 0 bridgehead atoms. The van der Waals surface area contributed by atoms with Crippen LogP contribution in [-0.4, -0.2) is 48.5 Å². The first-order chi connectivity index (χ1) is 12.7. The first kappa shape index (κ1) is 23.9.